The number of ether oxygens (including phenoxy) is 1. The quantitative estimate of drug-likeness (QED) is 0.840. The normalized spacial score (nSPS) is 28.4. The molecule has 5 nitrogen and oxygen atoms in total. The zero-order chi connectivity index (χ0) is 15.9. The number of amides is 1. The first-order valence-electron chi connectivity index (χ1n) is 8.70. The molecular formula is C16H30N2O3S. The number of hydrogen-bond acceptors (Lipinski definition) is 4. The first-order valence-corrected chi connectivity index (χ1v) is 10.1. The van der Waals surface area contributed by atoms with Crippen molar-refractivity contribution in [2.24, 2.45) is 0 Å². The van der Waals surface area contributed by atoms with Crippen LogP contribution >= 0.6 is 0 Å². The Morgan fingerprint density at radius 2 is 1.86 bits per heavy atom. The van der Waals surface area contributed by atoms with Crippen molar-refractivity contribution in [2.45, 2.75) is 69.7 Å². The van der Waals surface area contributed by atoms with Crippen LogP contribution < -0.4 is 5.32 Å². The second-order valence-electron chi connectivity index (χ2n) is 6.23. The Labute approximate surface area is 136 Å². The maximum Gasteiger partial charge on any atom is 0.409 e. The molecule has 2 fully saturated rings. The maximum atomic E-state index is 12.2. The Morgan fingerprint density at radius 1 is 1.18 bits per heavy atom. The van der Waals surface area contributed by atoms with Gasteiger partial charge in [0.1, 0.15) is 0 Å². The van der Waals surface area contributed by atoms with Crippen molar-refractivity contribution in [1.82, 2.24) is 10.2 Å². The molecule has 2 rings (SSSR count). The highest BCUT2D eigenvalue weighted by atomic mass is 32.2. The summed E-state index contributed by atoms with van der Waals surface area (Å²) in [4.78, 5) is 13.5. The van der Waals surface area contributed by atoms with Gasteiger partial charge in [0.15, 0.2) is 0 Å². The smallest absolute Gasteiger partial charge is 0.409 e. The highest BCUT2D eigenvalue weighted by Crippen LogP contribution is 2.25. The Balaban J connectivity index is 1.81. The van der Waals surface area contributed by atoms with Gasteiger partial charge in [0.05, 0.1) is 11.9 Å². The lowest BCUT2D eigenvalue weighted by Crippen LogP contribution is -2.52. The van der Waals surface area contributed by atoms with Gasteiger partial charge in [-0.15, -0.1) is 0 Å². The number of piperidine rings is 1. The van der Waals surface area contributed by atoms with Crippen LogP contribution in [-0.4, -0.2) is 58.0 Å². The molecule has 22 heavy (non-hydrogen) atoms. The minimum atomic E-state index is -0.712. The molecule has 0 spiro atoms. The molecule has 3 unspecified atom stereocenters. The highest BCUT2D eigenvalue weighted by molar-refractivity contribution is 7.85. The number of hydrogen-bond donors (Lipinski definition) is 1. The van der Waals surface area contributed by atoms with E-state index in [9.17, 15) is 9.00 Å². The molecule has 0 aromatic rings. The fourth-order valence-corrected chi connectivity index (χ4v) is 5.00. The third kappa shape index (κ3) is 4.69. The molecule has 0 aromatic carbocycles. The van der Waals surface area contributed by atoms with E-state index in [2.05, 4.69) is 5.32 Å². The van der Waals surface area contributed by atoms with E-state index in [1.165, 1.54) is 12.8 Å². The maximum absolute atomic E-state index is 12.2. The van der Waals surface area contributed by atoms with Gasteiger partial charge < -0.3 is 15.0 Å². The highest BCUT2D eigenvalue weighted by Gasteiger charge is 2.32. The summed E-state index contributed by atoms with van der Waals surface area (Å²) in [5.74, 6) is 0.754. The average molecular weight is 330 g/mol. The van der Waals surface area contributed by atoms with E-state index in [0.717, 1.165) is 44.5 Å². The van der Waals surface area contributed by atoms with Crippen LogP contribution in [0.2, 0.25) is 0 Å². The number of carbonyl (C=O) groups excluding carboxylic acids is 1. The van der Waals surface area contributed by atoms with E-state index < -0.39 is 10.8 Å². The number of likely N-dealkylation sites (tertiary alicyclic amines) is 1. The van der Waals surface area contributed by atoms with Gasteiger partial charge >= 0.3 is 6.09 Å². The molecule has 1 amide bonds. The second-order valence-corrected chi connectivity index (χ2v) is 8.17. The molecule has 0 bridgehead atoms. The van der Waals surface area contributed by atoms with Crippen molar-refractivity contribution in [1.29, 1.82) is 0 Å². The summed E-state index contributed by atoms with van der Waals surface area (Å²) in [6.45, 7) is 5.79. The lowest BCUT2D eigenvalue weighted by atomic mass is 9.93. The molecular weight excluding hydrogens is 300 g/mol. The van der Waals surface area contributed by atoms with Gasteiger partial charge in [-0.25, -0.2) is 4.79 Å². The zero-order valence-corrected chi connectivity index (χ0v) is 14.7. The van der Waals surface area contributed by atoms with Crippen molar-refractivity contribution in [2.75, 3.05) is 25.4 Å². The fourth-order valence-electron chi connectivity index (χ4n) is 3.56. The van der Waals surface area contributed by atoms with Crippen molar-refractivity contribution in [3.05, 3.63) is 0 Å². The van der Waals surface area contributed by atoms with Gasteiger partial charge in [0, 0.05) is 41.7 Å². The lowest BCUT2D eigenvalue weighted by Gasteiger charge is -2.38. The molecule has 1 saturated carbocycles. The van der Waals surface area contributed by atoms with Gasteiger partial charge in [-0.1, -0.05) is 19.8 Å². The Kier molecular flexibility index (Phi) is 7.15. The number of rotatable bonds is 5. The van der Waals surface area contributed by atoms with Crippen LogP contribution in [-0.2, 0) is 15.5 Å². The summed E-state index contributed by atoms with van der Waals surface area (Å²) in [5, 5.41) is 4.05. The first-order chi connectivity index (χ1) is 10.7. The van der Waals surface area contributed by atoms with Crippen molar-refractivity contribution in [3.63, 3.8) is 0 Å². The largest absolute Gasteiger partial charge is 0.450 e. The molecule has 3 atom stereocenters. The van der Waals surface area contributed by atoms with Gasteiger partial charge in [-0.3, -0.25) is 4.21 Å². The molecule has 0 aromatic heterocycles. The third-order valence-corrected chi connectivity index (χ3v) is 6.60. The molecule has 2 aliphatic rings. The molecule has 1 N–H and O–H groups in total. The van der Waals surface area contributed by atoms with E-state index in [-0.39, 0.29) is 6.09 Å². The zero-order valence-electron chi connectivity index (χ0n) is 13.9. The van der Waals surface area contributed by atoms with Crippen LogP contribution in [0.3, 0.4) is 0 Å². The summed E-state index contributed by atoms with van der Waals surface area (Å²) in [6.07, 6.45) is 6.38. The molecule has 1 heterocycles. The standard InChI is InChI=1S/C16H30N2O3S/c1-3-21-16(19)18-11-9-13(10-12-18)17-14-7-5-6-8-15(14)22(20)4-2/h13-15,17H,3-12H2,1-2H3. The van der Waals surface area contributed by atoms with Crippen LogP contribution in [0.25, 0.3) is 0 Å². The van der Waals surface area contributed by atoms with Gasteiger partial charge in [0.2, 0.25) is 0 Å². The SMILES string of the molecule is CCOC(=O)N1CCC(NC2CCCCC2S(=O)CC)CC1. The van der Waals surface area contributed by atoms with Crippen molar-refractivity contribution < 1.29 is 13.7 Å². The Hall–Kier alpha value is -0.620. The molecule has 1 saturated heterocycles. The Bertz CT molecular complexity index is 384. The molecule has 1 aliphatic carbocycles. The predicted molar refractivity (Wildman–Crippen MR) is 89.5 cm³/mol. The average Bonchev–Trinajstić information content (AvgIpc) is 2.55. The topological polar surface area (TPSA) is 58.6 Å². The van der Waals surface area contributed by atoms with E-state index in [4.69, 9.17) is 4.74 Å². The van der Waals surface area contributed by atoms with Crippen LogP contribution in [0, 0.1) is 0 Å². The lowest BCUT2D eigenvalue weighted by molar-refractivity contribution is 0.0937. The van der Waals surface area contributed by atoms with Gasteiger partial charge in [-0.05, 0) is 32.6 Å². The first kappa shape index (κ1) is 17.7. The predicted octanol–water partition coefficient (Wildman–Crippen LogP) is 2.28. The van der Waals surface area contributed by atoms with Gasteiger partial charge in [-0.2, -0.15) is 0 Å². The van der Waals surface area contributed by atoms with Crippen LogP contribution in [0.5, 0.6) is 0 Å². The van der Waals surface area contributed by atoms with E-state index in [0.29, 0.717) is 23.9 Å². The fraction of sp³-hybridized carbons (Fsp3) is 0.938. The molecule has 128 valence electrons. The number of nitrogens with one attached hydrogen (secondary N) is 1. The molecule has 0 radical (unpaired) electrons. The molecule has 1 aliphatic heterocycles. The van der Waals surface area contributed by atoms with E-state index in [1.807, 2.05) is 13.8 Å². The van der Waals surface area contributed by atoms with E-state index >= 15 is 0 Å². The summed E-state index contributed by atoms with van der Waals surface area (Å²) in [6, 6.07) is 0.818. The van der Waals surface area contributed by atoms with Crippen molar-refractivity contribution in [3.8, 4) is 0 Å². The number of nitrogens with zero attached hydrogens (tertiary/aromatic N) is 1. The van der Waals surface area contributed by atoms with E-state index in [1.54, 1.807) is 4.90 Å². The minimum absolute atomic E-state index is 0.191. The summed E-state index contributed by atoms with van der Waals surface area (Å²) in [5.41, 5.74) is 0. The van der Waals surface area contributed by atoms with Gasteiger partial charge in [0.25, 0.3) is 0 Å². The third-order valence-electron chi connectivity index (χ3n) is 4.80. The summed E-state index contributed by atoms with van der Waals surface area (Å²) in [7, 11) is -0.712. The number of carbonyl (C=O) groups is 1. The van der Waals surface area contributed by atoms with Crippen LogP contribution in [0.4, 0.5) is 4.79 Å². The van der Waals surface area contributed by atoms with Crippen LogP contribution in [0.1, 0.15) is 52.4 Å². The van der Waals surface area contributed by atoms with Crippen LogP contribution in [0.15, 0.2) is 0 Å². The minimum Gasteiger partial charge on any atom is -0.450 e. The van der Waals surface area contributed by atoms with Crippen molar-refractivity contribution >= 4 is 16.9 Å². The second kappa shape index (κ2) is 8.87. The Morgan fingerprint density at radius 3 is 2.50 bits per heavy atom. The summed E-state index contributed by atoms with van der Waals surface area (Å²) < 4.78 is 17.3. The molecule has 6 heteroatoms. The monoisotopic (exact) mass is 330 g/mol. The summed E-state index contributed by atoms with van der Waals surface area (Å²) >= 11 is 0.